The van der Waals surface area contributed by atoms with Crippen LogP contribution < -0.4 is 0 Å². The molecular weight excluding hydrogens is 134 g/mol. The molecule has 0 N–H and O–H groups in total. The summed E-state index contributed by atoms with van der Waals surface area (Å²) < 4.78 is 10.7. The van der Waals surface area contributed by atoms with E-state index < -0.39 is 10.8 Å². The third kappa shape index (κ3) is 3.26. The van der Waals surface area contributed by atoms with Crippen LogP contribution in [0, 0.1) is 11.3 Å². The molecule has 0 saturated heterocycles. The maximum atomic E-state index is 10.7. The fraction of sp³-hybridized carbons (Fsp3) is 0.833. The van der Waals surface area contributed by atoms with Crippen LogP contribution in [0.15, 0.2) is 0 Å². The Hall–Kier alpha value is -0.360. The Kier molecular flexibility index (Phi) is 4.33. The van der Waals surface area contributed by atoms with Gasteiger partial charge in [0.05, 0.1) is 6.07 Å². The lowest BCUT2D eigenvalue weighted by Gasteiger charge is -2.04. The molecule has 0 amide bonds. The first kappa shape index (κ1) is 8.64. The maximum absolute atomic E-state index is 10.7. The molecule has 0 radical (unpaired) electrons. The van der Waals surface area contributed by atoms with Crippen molar-refractivity contribution in [1.82, 2.24) is 0 Å². The quantitative estimate of drug-likeness (QED) is 0.595. The molecule has 0 heterocycles. The minimum absolute atomic E-state index is 0.0787. The predicted octanol–water partition coefficient (Wildman–Crippen LogP) is 1.06. The molecule has 2 nitrogen and oxygen atoms in total. The van der Waals surface area contributed by atoms with E-state index in [0.717, 1.165) is 6.42 Å². The minimum atomic E-state index is -0.826. The second-order valence-electron chi connectivity index (χ2n) is 1.89. The normalized spacial score (nSPS) is 16.1. The zero-order chi connectivity index (χ0) is 7.28. The minimum Gasteiger partial charge on any atom is -0.260 e. The Morgan fingerprint density at radius 1 is 1.78 bits per heavy atom. The highest BCUT2D eigenvalue weighted by atomic mass is 32.2. The Morgan fingerprint density at radius 3 is 2.44 bits per heavy atom. The first-order chi connectivity index (χ1) is 4.22. The highest BCUT2D eigenvalue weighted by Crippen LogP contribution is 2.02. The molecule has 0 aromatic carbocycles. The van der Waals surface area contributed by atoms with E-state index in [1.807, 2.05) is 13.0 Å². The number of nitrogens with zero attached hydrogens (tertiary/aromatic N) is 1. The van der Waals surface area contributed by atoms with E-state index in [-0.39, 0.29) is 5.25 Å². The number of rotatable bonds is 3. The van der Waals surface area contributed by atoms with Crippen molar-refractivity contribution < 1.29 is 4.21 Å². The summed E-state index contributed by atoms with van der Waals surface area (Å²) in [4.78, 5) is 0. The van der Waals surface area contributed by atoms with Gasteiger partial charge in [0.15, 0.2) is 0 Å². The Bertz CT molecular complexity index is 138. The fourth-order valence-electron chi connectivity index (χ4n) is 0.598. The molecule has 52 valence electrons. The van der Waals surface area contributed by atoms with E-state index in [1.165, 1.54) is 0 Å². The van der Waals surface area contributed by atoms with Gasteiger partial charge in [0.25, 0.3) is 0 Å². The monoisotopic (exact) mass is 145 g/mol. The van der Waals surface area contributed by atoms with E-state index >= 15 is 0 Å². The highest BCUT2D eigenvalue weighted by Gasteiger charge is 2.07. The molecule has 0 aliphatic carbocycles. The van der Waals surface area contributed by atoms with E-state index in [9.17, 15) is 4.21 Å². The van der Waals surface area contributed by atoms with Crippen LogP contribution in [0.25, 0.3) is 0 Å². The summed E-state index contributed by atoms with van der Waals surface area (Å²) in [7, 11) is -0.826. The first-order valence-electron chi connectivity index (χ1n) is 2.91. The van der Waals surface area contributed by atoms with Crippen LogP contribution in [0.5, 0.6) is 0 Å². The van der Waals surface area contributed by atoms with Gasteiger partial charge in [0, 0.05) is 28.7 Å². The summed E-state index contributed by atoms with van der Waals surface area (Å²) in [5.41, 5.74) is 0. The van der Waals surface area contributed by atoms with Crippen LogP contribution in [-0.2, 0) is 10.8 Å². The van der Waals surface area contributed by atoms with Gasteiger partial charge in [-0.25, -0.2) is 0 Å². The van der Waals surface area contributed by atoms with Crippen molar-refractivity contribution in [3.8, 4) is 6.07 Å². The Labute approximate surface area is 58.3 Å². The van der Waals surface area contributed by atoms with Crippen LogP contribution in [0.4, 0.5) is 0 Å². The number of hydrogen-bond donors (Lipinski definition) is 0. The molecule has 0 saturated carbocycles. The third-order valence-electron chi connectivity index (χ3n) is 1.24. The molecule has 0 fully saturated rings. The van der Waals surface area contributed by atoms with Crippen molar-refractivity contribution in [3.63, 3.8) is 0 Å². The topological polar surface area (TPSA) is 40.9 Å². The molecule has 0 aliphatic rings. The highest BCUT2D eigenvalue weighted by molar-refractivity contribution is 7.84. The molecule has 9 heavy (non-hydrogen) atoms. The molecule has 0 aliphatic heterocycles. The summed E-state index contributed by atoms with van der Waals surface area (Å²) in [6.07, 6.45) is 2.89. The van der Waals surface area contributed by atoms with E-state index in [0.29, 0.717) is 6.42 Å². The SMILES string of the molecule is CCC(CC#N)S(C)=O. The lowest BCUT2D eigenvalue weighted by atomic mass is 10.3. The van der Waals surface area contributed by atoms with Gasteiger partial charge in [0.1, 0.15) is 0 Å². The second-order valence-corrected chi connectivity index (χ2v) is 3.55. The van der Waals surface area contributed by atoms with Crippen molar-refractivity contribution in [1.29, 1.82) is 5.26 Å². The zero-order valence-electron chi connectivity index (χ0n) is 5.76. The zero-order valence-corrected chi connectivity index (χ0v) is 6.57. The lowest BCUT2D eigenvalue weighted by molar-refractivity contribution is 0.669. The first-order valence-corrected chi connectivity index (χ1v) is 4.53. The summed E-state index contributed by atoms with van der Waals surface area (Å²) in [6, 6.07) is 2.01. The van der Waals surface area contributed by atoms with Crippen molar-refractivity contribution in [2.75, 3.05) is 6.26 Å². The number of nitriles is 1. The Morgan fingerprint density at radius 2 is 2.33 bits per heavy atom. The Balaban J connectivity index is 3.71. The molecule has 0 aromatic rings. The van der Waals surface area contributed by atoms with E-state index in [4.69, 9.17) is 5.26 Å². The second kappa shape index (κ2) is 4.51. The van der Waals surface area contributed by atoms with Crippen molar-refractivity contribution >= 4 is 10.8 Å². The standard InChI is InChI=1S/C6H11NOS/c1-3-6(4-5-7)9(2)8/h6H,3-4H2,1-2H3. The van der Waals surface area contributed by atoms with Gasteiger partial charge in [-0.05, 0) is 6.42 Å². The van der Waals surface area contributed by atoms with Gasteiger partial charge in [-0.3, -0.25) is 4.21 Å². The number of hydrogen-bond acceptors (Lipinski definition) is 2. The molecule has 3 heteroatoms. The summed E-state index contributed by atoms with van der Waals surface area (Å²) in [5, 5.41) is 8.31. The molecule has 0 rings (SSSR count). The van der Waals surface area contributed by atoms with E-state index in [2.05, 4.69) is 0 Å². The van der Waals surface area contributed by atoms with Crippen molar-refractivity contribution in [2.45, 2.75) is 25.0 Å². The average Bonchev–Trinajstić information content (AvgIpc) is 1.82. The smallest absolute Gasteiger partial charge is 0.0634 e. The van der Waals surface area contributed by atoms with Gasteiger partial charge >= 0.3 is 0 Å². The average molecular weight is 145 g/mol. The van der Waals surface area contributed by atoms with Gasteiger partial charge in [-0.2, -0.15) is 5.26 Å². The van der Waals surface area contributed by atoms with E-state index in [1.54, 1.807) is 6.26 Å². The van der Waals surface area contributed by atoms with Crippen molar-refractivity contribution in [3.05, 3.63) is 0 Å². The molecule has 2 unspecified atom stereocenters. The van der Waals surface area contributed by atoms with Gasteiger partial charge in [-0.15, -0.1) is 0 Å². The lowest BCUT2D eigenvalue weighted by Crippen LogP contribution is -2.10. The molecule has 0 spiro atoms. The van der Waals surface area contributed by atoms with Crippen LogP contribution in [0.3, 0.4) is 0 Å². The van der Waals surface area contributed by atoms with Crippen LogP contribution in [0.1, 0.15) is 19.8 Å². The van der Waals surface area contributed by atoms with Gasteiger partial charge in [-0.1, -0.05) is 6.92 Å². The maximum Gasteiger partial charge on any atom is 0.0634 e. The summed E-state index contributed by atoms with van der Waals surface area (Å²) in [5.74, 6) is 0. The molecule has 0 bridgehead atoms. The predicted molar refractivity (Wildman–Crippen MR) is 38.4 cm³/mol. The van der Waals surface area contributed by atoms with Crippen LogP contribution in [0.2, 0.25) is 0 Å². The summed E-state index contributed by atoms with van der Waals surface area (Å²) in [6.45, 7) is 1.95. The van der Waals surface area contributed by atoms with Crippen LogP contribution in [-0.4, -0.2) is 15.7 Å². The van der Waals surface area contributed by atoms with Crippen LogP contribution >= 0.6 is 0 Å². The van der Waals surface area contributed by atoms with Gasteiger partial charge in [0.2, 0.25) is 0 Å². The molecule has 2 atom stereocenters. The van der Waals surface area contributed by atoms with Crippen molar-refractivity contribution in [2.24, 2.45) is 0 Å². The third-order valence-corrected chi connectivity index (χ3v) is 2.68. The van der Waals surface area contributed by atoms with Gasteiger partial charge < -0.3 is 0 Å². The summed E-state index contributed by atoms with van der Waals surface area (Å²) >= 11 is 0. The molecular formula is C6H11NOS. The molecule has 0 aromatic heterocycles. The largest absolute Gasteiger partial charge is 0.260 e. The fourth-order valence-corrected chi connectivity index (χ4v) is 1.38.